The third-order valence-electron chi connectivity index (χ3n) is 4.60. The molecule has 1 atom stereocenters. The Balaban J connectivity index is 1.53. The minimum atomic E-state index is 0.269. The van der Waals surface area contributed by atoms with Gasteiger partial charge < -0.3 is 4.57 Å². The SMILES string of the molecule is Cc1cccc(CN2CCn3c(Cn4cncn4)cnc3[C@H]2C)n1. The number of nitrogens with zero attached hydrogens (tertiary/aromatic N) is 7. The molecule has 0 saturated heterocycles. The van der Waals surface area contributed by atoms with Crippen molar-refractivity contribution < 1.29 is 0 Å². The molecular weight excluding hydrogens is 302 g/mol. The van der Waals surface area contributed by atoms with Crippen molar-refractivity contribution in [3.8, 4) is 0 Å². The molecule has 0 saturated carbocycles. The quantitative estimate of drug-likeness (QED) is 0.732. The van der Waals surface area contributed by atoms with E-state index in [4.69, 9.17) is 0 Å². The van der Waals surface area contributed by atoms with E-state index >= 15 is 0 Å². The number of aromatic nitrogens is 6. The van der Waals surface area contributed by atoms with Crippen LogP contribution in [0.3, 0.4) is 0 Å². The second-order valence-electron chi connectivity index (χ2n) is 6.27. The summed E-state index contributed by atoms with van der Waals surface area (Å²) in [6.45, 7) is 7.74. The van der Waals surface area contributed by atoms with Gasteiger partial charge in [-0.3, -0.25) is 9.88 Å². The van der Waals surface area contributed by atoms with Crippen molar-refractivity contribution in [2.45, 2.75) is 39.5 Å². The van der Waals surface area contributed by atoms with Crippen LogP contribution in [0, 0.1) is 6.92 Å². The van der Waals surface area contributed by atoms with Crippen LogP contribution in [0.2, 0.25) is 0 Å². The zero-order chi connectivity index (χ0) is 16.5. The lowest BCUT2D eigenvalue weighted by molar-refractivity contribution is 0.153. The van der Waals surface area contributed by atoms with Gasteiger partial charge >= 0.3 is 0 Å². The normalized spacial score (nSPS) is 17.8. The van der Waals surface area contributed by atoms with Crippen LogP contribution in [0.1, 0.15) is 35.9 Å². The van der Waals surface area contributed by atoms with Crippen molar-refractivity contribution >= 4 is 0 Å². The molecule has 4 rings (SSSR count). The number of pyridine rings is 1. The summed E-state index contributed by atoms with van der Waals surface area (Å²) >= 11 is 0. The van der Waals surface area contributed by atoms with Crippen molar-refractivity contribution in [3.63, 3.8) is 0 Å². The van der Waals surface area contributed by atoms with E-state index in [1.165, 1.54) is 5.69 Å². The minimum Gasteiger partial charge on any atom is -0.328 e. The van der Waals surface area contributed by atoms with Gasteiger partial charge in [-0.15, -0.1) is 0 Å². The van der Waals surface area contributed by atoms with Gasteiger partial charge in [0, 0.05) is 25.3 Å². The molecule has 7 nitrogen and oxygen atoms in total. The van der Waals surface area contributed by atoms with Crippen LogP contribution in [-0.4, -0.2) is 40.7 Å². The lowest BCUT2D eigenvalue weighted by Gasteiger charge is -2.34. The lowest BCUT2D eigenvalue weighted by Crippen LogP contribution is -2.37. The first-order chi connectivity index (χ1) is 11.7. The standard InChI is InChI=1S/C17H21N7/c1-13-4-3-5-15(21-13)9-22-6-7-24-16(8-19-17(24)14(22)2)10-23-12-18-11-20-23/h3-5,8,11-12,14H,6-7,9-10H2,1-2H3/t14-/m1/s1. The highest BCUT2D eigenvalue weighted by atomic mass is 15.3. The molecule has 1 aliphatic rings. The Labute approximate surface area is 141 Å². The maximum absolute atomic E-state index is 4.67. The van der Waals surface area contributed by atoms with Crippen LogP contribution < -0.4 is 0 Å². The number of fused-ring (bicyclic) bond motifs is 1. The molecule has 3 aromatic rings. The molecule has 4 heterocycles. The molecule has 0 spiro atoms. The number of hydrogen-bond acceptors (Lipinski definition) is 5. The fourth-order valence-electron chi connectivity index (χ4n) is 3.32. The Kier molecular flexibility index (Phi) is 3.86. The van der Waals surface area contributed by atoms with Crippen LogP contribution in [0.25, 0.3) is 0 Å². The first kappa shape index (κ1) is 15.0. The van der Waals surface area contributed by atoms with Crippen molar-refractivity contribution in [2.75, 3.05) is 6.54 Å². The van der Waals surface area contributed by atoms with Crippen LogP contribution in [0.15, 0.2) is 37.1 Å². The Morgan fingerprint density at radius 3 is 2.92 bits per heavy atom. The maximum atomic E-state index is 4.67. The van der Waals surface area contributed by atoms with Gasteiger partial charge in [0.05, 0.1) is 30.2 Å². The lowest BCUT2D eigenvalue weighted by atomic mass is 10.2. The second-order valence-corrected chi connectivity index (χ2v) is 6.27. The molecule has 0 amide bonds. The van der Waals surface area contributed by atoms with Crippen molar-refractivity contribution in [1.82, 2.24) is 34.2 Å². The molecule has 0 N–H and O–H groups in total. The predicted octanol–water partition coefficient (Wildman–Crippen LogP) is 1.80. The van der Waals surface area contributed by atoms with Gasteiger partial charge in [-0.25, -0.2) is 14.6 Å². The van der Waals surface area contributed by atoms with Crippen molar-refractivity contribution in [3.05, 3.63) is 60.0 Å². The van der Waals surface area contributed by atoms with Crippen LogP contribution >= 0.6 is 0 Å². The monoisotopic (exact) mass is 323 g/mol. The average Bonchev–Trinajstić information content (AvgIpc) is 3.21. The van der Waals surface area contributed by atoms with E-state index in [9.17, 15) is 0 Å². The van der Waals surface area contributed by atoms with Crippen molar-refractivity contribution in [2.24, 2.45) is 0 Å². The first-order valence-corrected chi connectivity index (χ1v) is 8.24. The van der Waals surface area contributed by atoms with E-state index in [0.717, 1.165) is 36.8 Å². The number of imidazole rings is 1. The van der Waals surface area contributed by atoms with Gasteiger partial charge in [0.1, 0.15) is 18.5 Å². The highest BCUT2D eigenvalue weighted by Gasteiger charge is 2.27. The van der Waals surface area contributed by atoms with Gasteiger partial charge in [0.25, 0.3) is 0 Å². The molecular formula is C17H21N7. The zero-order valence-electron chi connectivity index (χ0n) is 14.0. The molecule has 0 bridgehead atoms. The van der Waals surface area contributed by atoms with Gasteiger partial charge in [-0.2, -0.15) is 5.10 Å². The van der Waals surface area contributed by atoms with Gasteiger partial charge in [-0.1, -0.05) is 6.07 Å². The van der Waals surface area contributed by atoms with E-state index in [2.05, 4.69) is 48.6 Å². The fourth-order valence-corrected chi connectivity index (χ4v) is 3.32. The molecule has 0 aromatic carbocycles. The molecule has 0 aliphatic carbocycles. The summed E-state index contributed by atoms with van der Waals surface area (Å²) in [5.41, 5.74) is 3.36. The molecule has 0 fully saturated rings. The first-order valence-electron chi connectivity index (χ1n) is 8.24. The van der Waals surface area contributed by atoms with Gasteiger partial charge in [0.2, 0.25) is 0 Å². The molecule has 24 heavy (non-hydrogen) atoms. The summed E-state index contributed by atoms with van der Waals surface area (Å²) in [7, 11) is 0. The molecule has 0 radical (unpaired) electrons. The third-order valence-corrected chi connectivity index (χ3v) is 4.60. The van der Waals surface area contributed by atoms with Gasteiger partial charge in [0.15, 0.2) is 0 Å². The van der Waals surface area contributed by atoms with E-state index in [1.807, 2.05) is 23.9 Å². The Morgan fingerprint density at radius 1 is 1.21 bits per heavy atom. The molecule has 3 aromatic heterocycles. The predicted molar refractivity (Wildman–Crippen MR) is 89.2 cm³/mol. The van der Waals surface area contributed by atoms with Crippen LogP contribution in [-0.2, 0) is 19.6 Å². The fraction of sp³-hybridized carbons (Fsp3) is 0.412. The van der Waals surface area contributed by atoms with Crippen molar-refractivity contribution in [1.29, 1.82) is 0 Å². The Morgan fingerprint density at radius 2 is 2.12 bits per heavy atom. The number of aryl methyl sites for hydroxylation is 1. The average molecular weight is 323 g/mol. The largest absolute Gasteiger partial charge is 0.328 e. The molecule has 1 aliphatic heterocycles. The van der Waals surface area contributed by atoms with E-state index in [1.54, 1.807) is 12.7 Å². The van der Waals surface area contributed by atoms with E-state index in [0.29, 0.717) is 6.54 Å². The summed E-state index contributed by atoms with van der Waals surface area (Å²) in [5, 5.41) is 4.18. The summed E-state index contributed by atoms with van der Waals surface area (Å²) in [6.07, 6.45) is 5.26. The van der Waals surface area contributed by atoms with Gasteiger partial charge in [-0.05, 0) is 26.0 Å². The summed E-state index contributed by atoms with van der Waals surface area (Å²) in [5.74, 6) is 1.11. The Hall–Kier alpha value is -2.54. The minimum absolute atomic E-state index is 0.269. The second kappa shape index (κ2) is 6.16. The summed E-state index contributed by atoms with van der Waals surface area (Å²) < 4.78 is 4.14. The number of hydrogen-bond donors (Lipinski definition) is 0. The van der Waals surface area contributed by atoms with E-state index in [-0.39, 0.29) is 6.04 Å². The topological polar surface area (TPSA) is 64.7 Å². The summed E-state index contributed by atoms with van der Waals surface area (Å²) in [4.78, 5) is 15.7. The zero-order valence-corrected chi connectivity index (χ0v) is 14.0. The third kappa shape index (κ3) is 2.82. The highest BCUT2D eigenvalue weighted by molar-refractivity contribution is 5.14. The molecule has 124 valence electrons. The Bertz CT molecular complexity index is 821. The maximum Gasteiger partial charge on any atom is 0.137 e. The van der Waals surface area contributed by atoms with Crippen LogP contribution in [0.5, 0.6) is 0 Å². The van der Waals surface area contributed by atoms with E-state index < -0.39 is 0 Å². The number of rotatable bonds is 4. The smallest absolute Gasteiger partial charge is 0.137 e. The highest BCUT2D eigenvalue weighted by Crippen LogP contribution is 2.26. The summed E-state index contributed by atoms with van der Waals surface area (Å²) in [6, 6.07) is 6.47. The van der Waals surface area contributed by atoms with Crippen LogP contribution in [0.4, 0.5) is 0 Å². The molecule has 0 unspecified atom stereocenters. The molecule has 7 heteroatoms.